The van der Waals surface area contributed by atoms with E-state index in [1.54, 1.807) is 12.1 Å². The van der Waals surface area contributed by atoms with Crippen molar-refractivity contribution >= 4 is 21.6 Å². The van der Waals surface area contributed by atoms with Gasteiger partial charge in [0.25, 0.3) is 10.0 Å². The zero-order chi connectivity index (χ0) is 16.3. The Kier molecular flexibility index (Phi) is 4.51. The quantitative estimate of drug-likeness (QED) is 0.888. The molecule has 22 heavy (non-hydrogen) atoms. The molecule has 6 heteroatoms. The van der Waals surface area contributed by atoms with E-state index in [1.807, 2.05) is 26.0 Å². The smallest absolute Gasteiger partial charge is 0.261 e. The Hall–Kier alpha value is -2.34. The first-order valence-electron chi connectivity index (χ1n) is 6.82. The molecule has 0 fully saturated rings. The topological polar surface area (TPSA) is 89.3 Å². The molecule has 0 saturated carbocycles. The summed E-state index contributed by atoms with van der Waals surface area (Å²) in [7, 11) is -3.70. The van der Waals surface area contributed by atoms with Gasteiger partial charge in [-0.05, 0) is 47.9 Å². The number of sulfonamides is 1. The van der Waals surface area contributed by atoms with E-state index in [9.17, 15) is 13.2 Å². The minimum Gasteiger partial charge on any atom is -0.366 e. The number of amides is 1. The van der Waals surface area contributed by atoms with Gasteiger partial charge in [-0.2, -0.15) is 0 Å². The number of nitrogens with one attached hydrogen (secondary N) is 1. The maximum Gasteiger partial charge on any atom is 0.261 e. The second-order valence-corrected chi connectivity index (χ2v) is 6.96. The summed E-state index contributed by atoms with van der Waals surface area (Å²) in [4.78, 5) is 11.1. The van der Waals surface area contributed by atoms with Crippen molar-refractivity contribution in [2.45, 2.75) is 24.7 Å². The van der Waals surface area contributed by atoms with Gasteiger partial charge < -0.3 is 5.73 Å². The van der Waals surface area contributed by atoms with Crippen molar-refractivity contribution in [3.05, 3.63) is 59.7 Å². The highest BCUT2D eigenvalue weighted by Crippen LogP contribution is 2.21. The van der Waals surface area contributed by atoms with Gasteiger partial charge >= 0.3 is 0 Å². The molecule has 0 aromatic heterocycles. The highest BCUT2D eigenvalue weighted by Gasteiger charge is 2.15. The van der Waals surface area contributed by atoms with Crippen molar-refractivity contribution in [1.29, 1.82) is 0 Å². The number of rotatable bonds is 5. The molecule has 0 aliphatic rings. The van der Waals surface area contributed by atoms with E-state index < -0.39 is 15.9 Å². The van der Waals surface area contributed by atoms with Crippen LogP contribution in [0.5, 0.6) is 0 Å². The lowest BCUT2D eigenvalue weighted by molar-refractivity contribution is 0.1000. The highest BCUT2D eigenvalue weighted by atomic mass is 32.2. The number of anilines is 1. The van der Waals surface area contributed by atoms with E-state index >= 15 is 0 Å². The van der Waals surface area contributed by atoms with Crippen LogP contribution in [0, 0.1) is 0 Å². The van der Waals surface area contributed by atoms with Crippen LogP contribution >= 0.6 is 0 Å². The molecule has 0 heterocycles. The van der Waals surface area contributed by atoms with Crippen molar-refractivity contribution in [3.8, 4) is 0 Å². The monoisotopic (exact) mass is 318 g/mol. The summed E-state index contributed by atoms with van der Waals surface area (Å²) in [5, 5.41) is 0. The van der Waals surface area contributed by atoms with Gasteiger partial charge in [-0.15, -0.1) is 0 Å². The average Bonchev–Trinajstić information content (AvgIpc) is 2.47. The number of nitrogens with two attached hydrogens (primary N) is 1. The summed E-state index contributed by atoms with van der Waals surface area (Å²) in [6, 6.07) is 12.8. The Morgan fingerprint density at radius 1 is 1.09 bits per heavy atom. The predicted octanol–water partition coefficient (Wildman–Crippen LogP) is 2.71. The first-order valence-corrected chi connectivity index (χ1v) is 8.30. The fourth-order valence-corrected chi connectivity index (χ4v) is 3.02. The largest absolute Gasteiger partial charge is 0.366 e. The Morgan fingerprint density at radius 2 is 1.73 bits per heavy atom. The molecular weight excluding hydrogens is 300 g/mol. The van der Waals surface area contributed by atoms with Crippen LogP contribution in [0.4, 0.5) is 5.69 Å². The molecule has 0 bridgehead atoms. The van der Waals surface area contributed by atoms with E-state index in [2.05, 4.69) is 4.72 Å². The highest BCUT2D eigenvalue weighted by molar-refractivity contribution is 7.92. The minimum absolute atomic E-state index is 0.0763. The van der Waals surface area contributed by atoms with Gasteiger partial charge in [0.05, 0.1) is 4.90 Å². The van der Waals surface area contributed by atoms with Gasteiger partial charge in [-0.25, -0.2) is 8.42 Å². The zero-order valence-electron chi connectivity index (χ0n) is 12.4. The molecule has 1 amide bonds. The Balaban J connectivity index is 2.27. The number of benzene rings is 2. The molecule has 0 saturated heterocycles. The Labute approximate surface area is 130 Å². The van der Waals surface area contributed by atoms with Gasteiger partial charge in [0, 0.05) is 11.3 Å². The lowest BCUT2D eigenvalue weighted by Crippen LogP contribution is -2.14. The summed E-state index contributed by atoms with van der Waals surface area (Å²) in [5.74, 6) is -0.291. The van der Waals surface area contributed by atoms with Gasteiger partial charge in [-0.3, -0.25) is 9.52 Å². The second-order valence-electron chi connectivity index (χ2n) is 5.27. The fraction of sp³-hybridized carbons (Fsp3) is 0.188. The minimum atomic E-state index is -3.70. The van der Waals surface area contributed by atoms with Crippen molar-refractivity contribution in [2.75, 3.05) is 4.72 Å². The van der Waals surface area contributed by atoms with Crippen LogP contribution in [0.1, 0.15) is 35.7 Å². The summed E-state index contributed by atoms with van der Waals surface area (Å²) < 4.78 is 27.2. The third-order valence-electron chi connectivity index (χ3n) is 3.25. The number of carbonyl (C=O) groups is 1. The molecule has 2 aromatic rings. The third-order valence-corrected chi connectivity index (χ3v) is 4.65. The van der Waals surface area contributed by atoms with Crippen molar-refractivity contribution in [1.82, 2.24) is 0 Å². The van der Waals surface area contributed by atoms with Crippen LogP contribution in [0.15, 0.2) is 53.4 Å². The molecular formula is C16H18N2O3S. The number of hydrogen-bond acceptors (Lipinski definition) is 3. The summed E-state index contributed by atoms with van der Waals surface area (Å²) in [6.45, 7) is 4.08. The SMILES string of the molecule is CC(C)c1cccc(NS(=O)(=O)c2ccc(C(N)=O)cc2)c1. The number of primary amides is 1. The molecule has 3 N–H and O–H groups in total. The molecule has 0 unspecified atom stereocenters. The number of hydrogen-bond donors (Lipinski definition) is 2. The fourth-order valence-electron chi connectivity index (χ4n) is 1.97. The lowest BCUT2D eigenvalue weighted by Gasteiger charge is -2.11. The summed E-state index contributed by atoms with van der Waals surface area (Å²) >= 11 is 0. The Morgan fingerprint density at radius 3 is 2.27 bits per heavy atom. The standard InChI is InChI=1S/C16H18N2O3S/c1-11(2)13-4-3-5-14(10-13)18-22(20,21)15-8-6-12(7-9-15)16(17)19/h3-11,18H,1-2H3,(H2,17,19). The lowest BCUT2D eigenvalue weighted by atomic mass is 10.0. The van der Waals surface area contributed by atoms with Crippen molar-refractivity contribution < 1.29 is 13.2 Å². The third kappa shape index (κ3) is 3.65. The van der Waals surface area contributed by atoms with Gasteiger partial charge in [0.1, 0.15) is 0 Å². The van der Waals surface area contributed by atoms with Crippen LogP contribution < -0.4 is 10.5 Å². The van der Waals surface area contributed by atoms with Gasteiger partial charge in [0.15, 0.2) is 0 Å². The first-order chi connectivity index (χ1) is 10.3. The summed E-state index contributed by atoms with van der Waals surface area (Å²) in [6.07, 6.45) is 0. The molecule has 2 aromatic carbocycles. The van der Waals surface area contributed by atoms with Crippen LogP contribution in [0.25, 0.3) is 0 Å². The Bertz CT molecular complexity index is 781. The average molecular weight is 318 g/mol. The second kappa shape index (κ2) is 6.19. The van der Waals surface area contributed by atoms with Gasteiger partial charge in [-0.1, -0.05) is 26.0 Å². The van der Waals surface area contributed by atoms with Gasteiger partial charge in [0.2, 0.25) is 5.91 Å². The van der Waals surface area contributed by atoms with E-state index in [0.717, 1.165) is 5.56 Å². The van der Waals surface area contributed by atoms with E-state index in [0.29, 0.717) is 11.6 Å². The predicted molar refractivity (Wildman–Crippen MR) is 86.3 cm³/mol. The molecule has 0 atom stereocenters. The molecule has 0 aliphatic heterocycles. The van der Waals surface area contributed by atoms with E-state index in [-0.39, 0.29) is 10.5 Å². The summed E-state index contributed by atoms with van der Waals surface area (Å²) in [5.41, 5.74) is 6.95. The molecule has 116 valence electrons. The zero-order valence-corrected chi connectivity index (χ0v) is 13.2. The van der Waals surface area contributed by atoms with Crippen molar-refractivity contribution in [2.24, 2.45) is 5.73 Å². The normalized spacial score (nSPS) is 11.4. The van der Waals surface area contributed by atoms with Crippen molar-refractivity contribution in [3.63, 3.8) is 0 Å². The van der Waals surface area contributed by atoms with Crippen LogP contribution in [0.2, 0.25) is 0 Å². The van der Waals surface area contributed by atoms with E-state index in [4.69, 9.17) is 5.73 Å². The first kappa shape index (κ1) is 16.0. The molecule has 5 nitrogen and oxygen atoms in total. The van der Waals surface area contributed by atoms with Crippen LogP contribution in [-0.4, -0.2) is 14.3 Å². The van der Waals surface area contributed by atoms with E-state index in [1.165, 1.54) is 24.3 Å². The number of carbonyl (C=O) groups excluding carboxylic acids is 1. The molecule has 0 aliphatic carbocycles. The maximum atomic E-state index is 12.3. The molecule has 2 rings (SSSR count). The maximum absolute atomic E-state index is 12.3. The van der Waals surface area contributed by atoms with Crippen LogP contribution in [-0.2, 0) is 10.0 Å². The molecule has 0 spiro atoms. The van der Waals surface area contributed by atoms with Crippen LogP contribution in [0.3, 0.4) is 0 Å². The molecule has 0 radical (unpaired) electrons.